The van der Waals surface area contributed by atoms with Gasteiger partial charge in [0, 0.05) is 6.07 Å². The molecule has 0 aliphatic carbocycles. The van der Waals surface area contributed by atoms with Crippen molar-refractivity contribution in [3.05, 3.63) is 10.7 Å². The number of nitrogens with two attached hydrogens (primary N) is 1. The fourth-order valence-electron chi connectivity index (χ4n) is 0.694. The van der Waals surface area contributed by atoms with Crippen LogP contribution in [0.2, 0.25) is 0 Å². The molecule has 1 rings (SSSR count). The monoisotopic (exact) mass is 231 g/mol. The Morgan fingerprint density at radius 2 is 2.33 bits per heavy atom. The molecule has 0 aliphatic rings. The Bertz CT molecular complexity index is 247. The van der Waals surface area contributed by atoms with Gasteiger partial charge < -0.3 is 10.5 Å². The van der Waals surface area contributed by atoms with Gasteiger partial charge in [0.1, 0.15) is 4.60 Å². The molecule has 0 unspecified atom stereocenters. The van der Waals surface area contributed by atoms with E-state index in [9.17, 15) is 0 Å². The first-order valence-corrected chi connectivity index (χ1v) is 4.44. The van der Waals surface area contributed by atoms with Gasteiger partial charge in [-0.2, -0.15) is 4.98 Å². The molecule has 0 atom stereocenters. The zero-order chi connectivity index (χ0) is 8.97. The third kappa shape index (κ3) is 2.65. The Balaban J connectivity index is 2.72. The Morgan fingerprint density at radius 3 is 2.92 bits per heavy atom. The number of hydrogen-bond donors (Lipinski definition) is 1. The zero-order valence-electron chi connectivity index (χ0n) is 6.75. The number of anilines is 1. The van der Waals surface area contributed by atoms with Crippen LogP contribution in [0.15, 0.2) is 10.7 Å². The van der Waals surface area contributed by atoms with E-state index in [4.69, 9.17) is 10.5 Å². The Labute approximate surface area is 79.3 Å². The molecule has 66 valence electrons. The summed E-state index contributed by atoms with van der Waals surface area (Å²) in [6.07, 6.45) is 0.946. The van der Waals surface area contributed by atoms with Crippen molar-refractivity contribution in [1.82, 2.24) is 9.97 Å². The molecular weight excluding hydrogens is 222 g/mol. The maximum Gasteiger partial charge on any atom is 0.224 e. The zero-order valence-corrected chi connectivity index (χ0v) is 8.34. The van der Waals surface area contributed by atoms with E-state index in [1.165, 1.54) is 0 Å². The first-order chi connectivity index (χ1) is 5.72. The summed E-state index contributed by atoms with van der Waals surface area (Å²) >= 11 is 3.19. The second-order valence-electron chi connectivity index (χ2n) is 2.24. The molecule has 5 heteroatoms. The van der Waals surface area contributed by atoms with Gasteiger partial charge in [-0.05, 0) is 22.4 Å². The van der Waals surface area contributed by atoms with Crippen molar-refractivity contribution in [2.75, 3.05) is 12.3 Å². The molecule has 0 aromatic carbocycles. The average Bonchev–Trinajstić information content (AvgIpc) is 1.99. The molecule has 0 aliphatic heterocycles. The van der Waals surface area contributed by atoms with Crippen LogP contribution in [-0.2, 0) is 0 Å². The van der Waals surface area contributed by atoms with Crippen molar-refractivity contribution < 1.29 is 4.74 Å². The molecule has 1 heterocycles. The predicted molar refractivity (Wildman–Crippen MR) is 49.9 cm³/mol. The third-order valence-corrected chi connectivity index (χ3v) is 1.55. The van der Waals surface area contributed by atoms with E-state index < -0.39 is 0 Å². The van der Waals surface area contributed by atoms with Crippen LogP contribution in [0.25, 0.3) is 0 Å². The fraction of sp³-hybridized carbons (Fsp3) is 0.429. The maximum absolute atomic E-state index is 5.40. The maximum atomic E-state index is 5.40. The molecule has 0 radical (unpaired) electrons. The van der Waals surface area contributed by atoms with Crippen LogP contribution in [-0.4, -0.2) is 16.6 Å². The Morgan fingerprint density at radius 1 is 1.58 bits per heavy atom. The highest BCUT2D eigenvalue weighted by Gasteiger charge is 1.99. The van der Waals surface area contributed by atoms with Gasteiger partial charge in [-0.15, -0.1) is 0 Å². The molecule has 2 N–H and O–H groups in total. The van der Waals surface area contributed by atoms with Gasteiger partial charge in [0.2, 0.25) is 11.8 Å². The SMILES string of the molecule is CCCOc1cc(Br)nc(N)n1. The van der Waals surface area contributed by atoms with Crippen molar-refractivity contribution >= 4 is 21.9 Å². The largest absolute Gasteiger partial charge is 0.478 e. The van der Waals surface area contributed by atoms with Gasteiger partial charge in [0.05, 0.1) is 6.61 Å². The second-order valence-corrected chi connectivity index (χ2v) is 3.05. The molecule has 0 fully saturated rings. The third-order valence-electron chi connectivity index (χ3n) is 1.14. The highest BCUT2D eigenvalue weighted by molar-refractivity contribution is 9.10. The van der Waals surface area contributed by atoms with Gasteiger partial charge in [-0.3, -0.25) is 0 Å². The van der Waals surface area contributed by atoms with E-state index in [-0.39, 0.29) is 5.95 Å². The van der Waals surface area contributed by atoms with Crippen LogP contribution in [0.1, 0.15) is 13.3 Å². The van der Waals surface area contributed by atoms with E-state index >= 15 is 0 Å². The number of halogens is 1. The molecule has 0 amide bonds. The van der Waals surface area contributed by atoms with Crippen molar-refractivity contribution in [3.8, 4) is 5.88 Å². The number of rotatable bonds is 3. The fourth-order valence-corrected chi connectivity index (χ4v) is 1.07. The molecule has 1 aromatic rings. The normalized spacial score (nSPS) is 9.83. The summed E-state index contributed by atoms with van der Waals surface area (Å²) in [7, 11) is 0. The van der Waals surface area contributed by atoms with Gasteiger partial charge in [0.25, 0.3) is 0 Å². The number of hydrogen-bond acceptors (Lipinski definition) is 4. The summed E-state index contributed by atoms with van der Waals surface area (Å²) in [4.78, 5) is 7.73. The van der Waals surface area contributed by atoms with Crippen LogP contribution >= 0.6 is 15.9 Å². The van der Waals surface area contributed by atoms with Gasteiger partial charge in [0.15, 0.2) is 0 Å². The van der Waals surface area contributed by atoms with Crippen molar-refractivity contribution in [3.63, 3.8) is 0 Å². The minimum Gasteiger partial charge on any atom is -0.478 e. The summed E-state index contributed by atoms with van der Waals surface area (Å²) in [5, 5.41) is 0. The molecule has 0 saturated heterocycles. The highest BCUT2D eigenvalue weighted by atomic mass is 79.9. The lowest BCUT2D eigenvalue weighted by molar-refractivity contribution is 0.305. The van der Waals surface area contributed by atoms with Gasteiger partial charge in [-0.25, -0.2) is 4.98 Å². The first-order valence-electron chi connectivity index (χ1n) is 3.65. The summed E-state index contributed by atoms with van der Waals surface area (Å²) in [6, 6.07) is 1.69. The molecule has 12 heavy (non-hydrogen) atoms. The molecule has 0 bridgehead atoms. The Kier molecular flexibility index (Phi) is 3.28. The number of ether oxygens (including phenoxy) is 1. The Hall–Kier alpha value is -0.840. The highest BCUT2D eigenvalue weighted by Crippen LogP contribution is 2.14. The second kappa shape index (κ2) is 4.25. The van der Waals surface area contributed by atoms with E-state index in [1.807, 2.05) is 6.92 Å². The molecule has 4 nitrogen and oxygen atoms in total. The van der Waals surface area contributed by atoms with E-state index in [0.29, 0.717) is 17.1 Å². The molecule has 0 saturated carbocycles. The van der Waals surface area contributed by atoms with Crippen LogP contribution in [0.4, 0.5) is 5.95 Å². The lowest BCUT2D eigenvalue weighted by Gasteiger charge is -2.03. The summed E-state index contributed by atoms with van der Waals surface area (Å²) in [5.41, 5.74) is 5.40. The van der Waals surface area contributed by atoms with Crippen molar-refractivity contribution in [1.29, 1.82) is 0 Å². The molecule has 1 aromatic heterocycles. The van der Waals surface area contributed by atoms with Crippen LogP contribution in [0, 0.1) is 0 Å². The van der Waals surface area contributed by atoms with E-state index in [2.05, 4.69) is 25.9 Å². The topological polar surface area (TPSA) is 61.0 Å². The minimum atomic E-state index is 0.218. The minimum absolute atomic E-state index is 0.218. The number of nitrogen functional groups attached to an aromatic ring is 1. The van der Waals surface area contributed by atoms with E-state index in [0.717, 1.165) is 6.42 Å². The van der Waals surface area contributed by atoms with E-state index in [1.54, 1.807) is 6.07 Å². The number of nitrogens with zero attached hydrogens (tertiary/aromatic N) is 2. The smallest absolute Gasteiger partial charge is 0.224 e. The van der Waals surface area contributed by atoms with Crippen LogP contribution < -0.4 is 10.5 Å². The lowest BCUT2D eigenvalue weighted by Crippen LogP contribution is -2.01. The number of aromatic nitrogens is 2. The molecular formula is C7H10BrN3O. The van der Waals surface area contributed by atoms with Crippen molar-refractivity contribution in [2.45, 2.75) is 13.3 Å². The quantitative estimate of drug-likeness (QED) is 0.804. The average molecular weight is 232 g/mol. The van der Waals surface area contributed by atoms with Crippen LogP contribution in [0.5, 0.6) is 5.88 Å². The van der Waals surface area contributed by atoms with Gasteiger partial charge in [-0.1, -0.05) is 6.92 Å². The first kappa shape index (κ1) is 9.25. The summed E-state index contributed by atoms with van der Waals surface area (Å²) in [5.74, 6) is 0.728. The molecule has 0 spiro atoms. The van der Waals surface area contributed by atoms with Crippen LogP contribution in [0.3, 0.4) is 0 Å². The summed E-state index contributed by atoms with van der Waals surface area (Å²) < 4.78 is 5.90. The summed E-state index contributed by atoms with van der Waals surface area (Å²) in [6.45, 7) is 2.67. The van der Waals surface area contributed by atoms with Gasteiger partial charge >= 0.3 is 0 Å². The standard InChI is InChI=1S/C7H10BrN3O/c1-2-3-12-6-4-5(8)10-7(9)11-6/h4H,2-3H2,1H3,(H2,9,10,11). The lowest BCUT2D eigenvalue weighted by atomic mass is 10.5. The van der Waals surface area contributed by atoms with Crippen molar-refractivity contribution in [2.24, 2.45) is 0 Å². The predicted octanol–water partition coefficient (Wildman–Crippen LogP) is 1.61.